The molecule has 0 bridgehead atoms. The SMILES string of the molecule is CCCCCCCCCCCCc1ccc(C[N+](C[C@H](O)C(C)C)(C[C@H](O)C(C)C)C[C@H](O)C(C)C)cc1. The highest BCUT2D eigenvalue weighted by molar-refractivity contribution is 5.22. The highest BCUT2D eigenvalue weighted by atomic mass is 16.3. The van der Waals surface area contributed by atoms with Gasteiger partial charge < -0.3 is 19.8 Å². The number of aryl methyl sites for hydroxylation is 1. The predicted octanol–water partition coefficient (Wildman–Crippen LogP) is 7.52. The van der Waals surface area contributed by atoms with Crippen molar-refractivity contribution in [2.45, 2.75) is 144 Å². The van der Waals surface area contributed by atoms with E-state index >= 15 is 0 Å². The van der Waals surface area contributed by atoms with Crippen molar-refractivity contribution >= 4 is 0 Å². The van der Waals surface area contributed by atoms with Gasteiger partial charge in [0.25, 0.3) is 0 Å². The molecule has 1 aromatic rings. The van der Waals surface area contributed by atoms with Crippen LogP contribution in [0.15, 0.2) is 24.3 Å². The number of aliphatic hydroxyl groups excluding tert-OH is 3. The molecule has 0 radical (unpaired) electrons. The normalized spacial score (nSPS) is 15.0. The number of hydrogen-bond acceptors (Lipinski definition) is 3. The zero-order valence-electron chi connectivity index (χ0n) is 26.2. The van der Waals surface area contributed by atoms with Gasteiger partial charge in [-0.25, -0.2) is 0 Å². The molecule has 1 rings (SSSR count). The maximum atomic E-state index is 10.9. The summed E-state index contributed by atoms with van der Waals surface area (Å²) >= 11 is 0. The maximum absolute atomic E-state index is 10.9. The Labute approximate surface area is 236 Å². The van der Waals surface area contributed by atoms with Gasteiger partial charge in [-0.05, 0) is 36.2 Å². The third kappa shape index (κ3) is 14.4. The molecule has 4 nitrogen and oxygen atoms in total. The first-order valence-electron chi connectivity index (χ1n) is 16.0. The summed E-state index contributed by atoms with van der Waals surface area (Å²) in [6, 6.07) is 8.97. The van der Waals surface area contributed by atoms with Crippen molar-refractivity contribution in [3.05, 3.63) is 35.4 Å². The van der Waals surface area contributed by atoms with Crippen LogP contribution in [0.3, 0.4) is 0 Å². The molecule has 1 aromatic carbocycles. The number of benzene rings is 1. The average Bonchev–Trinajstić information content (AvgIpc) is 2.85. The van der Waals surface area contributed by atoms with Gasteiger partial charge in [-0.1, -0.05) is 131 Å². The Morgan fingerprint density at radius 2 is 0.868 bits per heavy atom. The Kier molecular flexibility index (Phi) is 17.7. The molecular formula is C34H64NO3+. The van der Waals surface area contributed by atoms with Gasteiger partial charge in [0.2, 0.25) is 0 Å². The molecule has 222 valence electrons. The van der Waals surface area contributed by atoms with Crippen LogP contribution in [0.2, 0.25) is 0 Å². The monoisotopic (exact) mass is 534 g/mol. The number of quaternary nitrogens is 1. The van der Waals surface area contributed by atoms with Crippen LogP contribution >= 0.6 is 0 Å². The molecule has 0 aliphatic heterocycles. The Hall–Kier alpha value is -0.940. The topological polar surface area (TPSA) is 60.7 Å². The first-order valence-corrected chi connectivity index (χ1v) is 16.0. The van der Waals surface area contributed by atoms with Crippen LogP contribution in [0.5, 0.6) is 0 Å². The van der Waals surface area contributed by atoms with Crippen LogP contribution in [0.4, 0.5) is 0 Å². The quantitative estimate of drug-likeness (QED) is 0.106. The Morgan fingerprint density at radius 3 is 1.24 bits per heavy atom. The molecule has 0 aromatic heterocycles. The van der Waals surface area contributed by atoms with E-state index in [4.69, 9.17) is 0 Å². The summed E-state index contributed by atoms with van der Waals surface area (Å²) in [5, 5.41) is 32.8. The lowest BCUT2D eigenvalue weighted by atomic mass is 9.97. The number of hydrogen-bond donors (Lipinski definition) is 3. The van der Waals surface area contributed by atoms with Gasteiger partial charge in [0.1, 0.15) is 44.5 Å². The molecular weight excluding hydrogens is 470 g/mol. The summed E-state index contributed by atoms with van der Waals surface area (Å²) in [4.78, 5) is 0. The number of rotatable bonds is 22. The zero-order chi connectivity index (χ0) is 28.6. The summed E-state index contributed by atoms with van der Waals surface area (Å²) in [7, 11) is 0. The Bertz CT molecular complexity index is 659. The molecule has 3 N–H and O–H groups in total. The van der Waals surface area contributed by atoms with Crippen molar-refractivity contribution in [3.63, 3.8) is 0 Å². The van der Waals surface area contributed by atoms with Gasteiger partial charge in [0, 0.05) is 5.56 Å². The first kappa shape index (κ1) is 35.1. The van der Waals surface area contributed by atoms with E-state index in [1.807, 2.05) is 41.5 Å². The fourth-order valence-corrected chi connectivity index (χ4v) is 5.26. The minimum atomic E-state index is -0.482. The van der Waals surface area contributed by atoms with E-state index in [0.29, 0.717) is 30.7 Å². The lowest BCUT2D eigenvalue weighted by Gasteiger charge is -2.44. The molecule has 0 aliphatic carbocycles. The summed E-state index contributed by atoms with van der Waals surface area (Å²) in [6.07, 6.45) is 13.3. The van der Waals surface area contributed by atoms with Crippen LogP contribution in [-0.2, 0) is 13.0 Å². The molecule has 0 unspecified atom stereocenters. The zero-order valence-corrected chi connectivity index (χ0v) is 26.2. The van der Waals surface area contributed by atoms with E-state index in [0.717, 1.165) is 6.42 Å². The van der Waals surface area contributed by atoms with Crippen LogP contribution < -0.4 is 0 Å². The third-order valence-corrected chi connectivity index (χ3v) is 8.39. The standard InChI is InChI=1S/C34H64NO3/c1-8-9-10-11-12-13-14-15-16-17-18-30-19-21-31(22-20-30)23-35(24-32(36)27(2)3,25-33(37)28(4)5)26-34(38)29(6)7/h19-22,27-29,32-34,36-38H,8-18,23-26H2,1-7H3/q+1/t32-,33-,34-/m0/s1. The average molecular weight is 535 g/mol. The van der Waals surface area contributed by atoms with E-state index in [-0.39, 0.29) is 17.8 Å². The largest absolute Gasteiger partial charge is 0.387 e. The molecule has 38 heavy (non-hydrogen) atoms. The predicted molar refractivity (Wildman–Crippen MR) is 163 cm³/mol. The lowest BCUT2D eigenvalue weighted by molar-refractivity contribution is -0.949. The minimum Gasteiger partial charge on any atom is -0.387 e. The molecule has 0 saturated heterocycles. The molecule has 4 heteroatoms. The molecule has 3 atom stereocenters. The number of nitrogens with zero attached hydrogens (tertiary/aromatic N) is 1. The third-order valence-electron chi connectivity index (χ3n) is 8.39. The highest BCUT2D eigenvalue weighted by Gasteiger charge is 2.37. The highest BCUT2D eigenvalue weighted by Crippen LogP contribution is 2.24. The summed E-state index contributed by atoms with van der Waals surface area (Å²) < 4.78 is 0.496. The van der Waals surface area contributed by atoms with E-state index in [2.05, 4.69) is 31.2 Å². The van der Waals surface area contributed by atoms with Crippen LogP contribution in [-0.4, -0.2) is 57.7 Å². The molecule has 0 aliphatic rings. The fourth-order valence-electron chi connectivity index (χ4n) is 5.26. The summed E-state index contributed by atoms with van der Waals surface area (Å²) in [5.41, 5.74) is 2.60. The van der Waals surface area contributed by atoms with Gasteiger partial charge in [0.15, 0.2) is 0 Å². The van der Waals surface area contributed by atoms with E-state index in [1.165, 1.54) is 75.3 Å². The maximum Gasteiger partial charge on any atom is 0.106 e. The van der Waals surface area contributed by atoms with Crippen molar-refractivity contribution in [2.75, 3.05) is 19.6 Å². The second kappa shape index (κ2) is 19.2. The molecule has 0 spiro atoms. The van der Waals surface area contributed by atoms with Crippen LogP contribution in [0, 0.1) is 17.8 Å². The Morgan fingerprint density at radius 1 is 0.526 bits per heavy atom. The lowest BCUT2D eigenvalue weighted by Crippen LogP contribution is -2.59. The smallest absolute Gasteiger partial charge is 0.106 e. The summed E-state index contributed by atoms with van der Waals surface area (Å²) in [6.45, 7) is 16.8. The van der Waals surface area contributed by atoms with Gasteiger partial charge in [-0.2, -0.15) is 0 Å². The van der Waals surface area contributed by atoms with Crippen molar-refractivity contribution < 1.29 is 19.8 Å². The molecule has 0 saturated carbocycles. The number of unbranched alkanes of at least 4 members (excludes halogenated alkanes) is 9. The minimum absolute atomic E-state index is 0.128. The van der Waals surface area contributed by atoms with Gasteiger partial charge in [-0.15, -0.1) is 0 Å². The first-order chi connectivity index (χ1) is 18.0. The molecule has 0 heterocycles. The van der Waals surface area contributed by atoms with Crippen LogP contribution in [0.1, 0.15) is 124 Å². The molecule has 0 fully saturated rings. The van der Waals surface area contributed by atoms with Crippen molar-refractivity contribution in [1.82, 2.24) is 0 Å². The van der Waals surface area contributed by atoms with E-state index in [9.17, 15) is 15.3 Å². The molecule has 0 amide bonds. The number of aliphatic hydroxyl groups is 3. The van der Waals surface area contributed by atoms with Gasteiger partial charge in [0.05, 0.1) is 0 Å². The Balaban J connectivity index is 2.79. The van der Waals surface area contributed by atoms with Gasteiger partial charge >= 0.3 is 0 Å². The van der Waals surface area contributed by atoms with E-state index in [1.54, 1.807) is 0 Å². The summed E-state index contributed by atoms with van der Waals surface area (Å²) in [5.74, 6) is 0.384. The second-order valence-corrected chi connectivity index (χ2v) is 13.2. The fraction of sp³-hybridized carbons (Fsp3) is 0.824. The van der Waals surface area contributed by atoms with Gasteiger partial charge in [-0.3, -0.25) is 0 Å². The van der Waals surface area contributed by atoms with Crippen molar-refractivity contribution in [3.8, 4) is 0 Å². The van der Waals surface area contributed by atoms with E-state index < -0.39 is 18.3 Å². The van der Waals surface area contributed by atoms with Crippen LogP contribution in [0.25, 0.3) is 0 Å². The second-order valence-electron chi connectivity index (χ2n) is 13.2. The van der Waals surface area contributed by atoms with Crippen molar-refractivity contribution in [1.29, 1.82) is 0 Å². The van der Waals surface area contributed by atoms with Crippen molar-refractivity contribution in [2.24, 2.45) is 17.8 Å².